The summed E-state index contributed by atoms with van der Waals surface area (Å²) in [6.45, 7) is 1.70. The molecule has 4 rings (SSSR count). The van der Waals surface area contributed by atoms with E-state index in [1.54, 1.807) is 35.4 Å². The van der Waals surface area contributed by atoms with Gasteiger partial charge in [0.05, 0.1) is 30.6 Å². The van der Waals surface area contributed by atoms with E-state index < -0.39 is 0 Å². The lowest BCUT2D eigenvalue weighted by molar-refractivity contribution is -0.141. The molecule has 1 aromatic carbocycles. The van der Waals surface area contributed by atoms with Crippen molar-refractivity contribution in [3.8, 4) is 5.75 Å². The topological polar surface area (TPSA) is 69.5 Å². The zero-order chi connectivity index (χ0) is 16.5. The molecule has 2 atom stereocenters. The molecule has 3 heterocycles. The molecular formula is C16H17ClN4O3. The molecule has 0 spiro atoms. The molecule has 24 heavy (non-hydrogen) atoms. The minimum atomic E-state index is -0.0487. The first-order valence-electron chi connectivity index (χ1n) is 7.87. The van der Waals surface area contributed by atoms with Crippen LogP contribution in [-0.2, 0) is 16.1 Å². The van der Waals surface area contributed by atoms with Crippen LogP contribution in [0.2, 0.25) is 5.02 Å². The van der Waals surface area contributed by atoms with Crippen molar-refractivity contribution in [1.29, 1.82) is 0 Å². The van der Waals surface area contributed by atoms with Crippen molar-refractivity contribution in [2.45, 2.75) is 25.2 Å². The second-order valence-electron chi connectivity index (χ2n) is 5.96. The molecule has 0 unspecified atom stereocenters. The summed E-state index contributed by atoms with van der Waals surface area (Å²) in [7, 11) is 0. The summed E-state index contributed by atoms with van der Waals surface area (Å²) >= 11 is 5.83. The van der Waals surface area contributed by atoms with Crippen LogP contribution in [0.15, 0.2) is 30.5 Å². The first-order chi connectivity index (χ1) is 11.7. The lowest BCUT2D eigenvalue weighted by Crippen LogP contribution is -2.51. The Balaban J connectivity index is 1.35. The van der Waals surface area contributed by atoms with Crippen molar-refractivity contribution in [2.75, 3.05) is 19.7 Å². The SMILES string of the molecule is O=C(COc1ccc(Cl)cc1)N1CC[C@H]2[C@H](C1)OCc1cnnn12. The standard InChI is InChI=1S/C16H17ClN4O3/c17-11-1-3-13(4-2-11)23-10-16(22)20-6-5-14-15(8-20)24-9-12-7-18-19-21(12)14/h1-4,7,14-15H,5-6,8-10H2/t14-,15-/m0/s1. The summed E-state index contributed by atoms with van der Waals surface area (Å²) < 4.78 is 13.3. The predicted octanol–water partition coefficient (Wildman–Crippen LogP) is 1.68. The third-order valence-electron chi connectivity index (χ3n) is 4.46. The molecule has 1 aromatic heterocycles. The zero-order valence-corrected chi connectivity index (χ0v) is 13.7. The first kappa shape index (κ1) is 15.4. The number of ether oxygens (including phenoxy) is 2. The van der Waals surface area contributed by atoms with Crippen molar-refractivity contribution in [1.82, 2.24) is 19.9 Å². The molecule has 1 fully saturated rings. The average Bonchev–Trinajstić information content (AvgIpc) is 3.09. The van der Waals surface area contributed by atoms with Crippen LogP contribution in [0.5, 0.6) is 5.75 Å². The van der Waals surface area contributed by atoms with Crippen LogP contribution in [0, 0.1) is 0 Å². The van der Waals surface area contributed by atoms with Crippen molar-refractivity contribution >= 4 is 17.5 Å². The highest BCUT2D eigenvalue weighted by Crippen LogP contribution is 2.30. The van der Waals surface area contributed by atoms with Gasteiger partial charge in [-0.2, -0.15) is 0 Å². The Hall–Kier alpha value is -2.12. The molecule has 0 radical (unpaired) electrons. The number of aromatic nitrogens is 3. The van der Waals surface area contributed by atoms with Crippen LogP contribution in [-0.4, -0.2) is 51.6 Å². The van der Waals surface area contributed by atoms with Crippen LogP contribution < -0.4 is 4.74 Å². The molecule has 7 nitrogen and oxygen atoms in total. The van der Waals surface area contributed by atoms with Crippen LogP contribution in [0.4, 0.5) is 0 Å². The molecule has 2 aromatic rings. The predicted molar refractivity (Wildman–Crippen MR) is 85.8 cm³/mol. The van der Waals surface area contributed by atoms with Crippen molar-refractivity contribution < 1.29 is 14.3 Å². The van der Waals surface area contributed by atoms with E-state index in [4.69, 9.17) is 21.1 Å². The molecule has 0 bridgehead atoms. The maximum Gasteiger partial charge on any atom is 0.260 e. The van der Waals surface area contributed by atoms with Gasteiger partial charge in [0.2, 0.25) is 0 Å². The van der Waals surface area contributed by atoms with Crippen molar-refractivity contribution in [3.05, 3.63) is 41.2 Å². The van der Waals surface area contributed by atoms with Gasteiger partial charge in [0.1, 0.15) is 5.75 Å². The molecule has 126 valence electrons. The second-order valence-corrected chi connectivity index (χ2v) is 6.39. The number of carbonyl (C=O) groups excluding carboxylic acids is 1. The number of halogens is 1. The number of nitrogens with zero attached hydrogens (tertiary/aromatic N) is 4. The molecule has 0 saturated carbocycles. The first-order valence-corrected chi connectivity index (χ1v) is 8.25. The summed E-state index contributed by atoms with van der Waals surface area (Å²) in [5, 5.41) is 8.72. The molecule has 1 saturated heterocycles. The Morgan fingerprint density at radius 1 is 1.38 bits per heavy atom. The highest BCUT2D eigenvalue weighted by Gasteiger charge is 2.37. The van der Waals surface area contributed by atoms with E-state index in [0.29, 0.717) is 30.5 Å². The third kappa shape index (κ3) is 2.97. The van der Waals surface area contributed by atoms with Gasteiger partial charge in [0, 0.05) is 18.1 Å². The number of hydrogen-bond donors (Lipinski definition) is 0. The average molecular weight is 349 g/mol. The molecule has 0 aliphatic carbocycles. The largest absolute Gasteiger partial charge is 0.484 e. The van der Waals surface area contributed by atoms with Crippen LogP contribution in [0.3, 0.4) is 0 Å². The summed E-state index contributed by atoms with van der Waals surface area (Å²) in [4.78, 5) is 14.2. The summed E-state index contributed by atoms with van der Waals surface area (Å²) in [5.74, 6) is 0.584. The van der Waals surface area contributed by atoms with E-state index in [-0.39, 0.29) is 24.7 Å². The van der Waals surface area contributed by atoms with E-state index in [0.717, 1.165) is 12.1 Å². The van der Waals surface area contributed by atoms with Gasteiger partial charge in [-0.15, -0.1) is 5.10 Å². The van der Waals surface area contributed by atoms with Gasteiger partial charge < -0.3 is 14.4 Å². The monoisotopic (exact) mass is 348 g/mol. The minimum absolute atomic E-state index is 0.00753. The summed E-state index contributed by atoms with van der Waals surface area (Å²) in [5.41, 5.74) is 0.988. The van der Waals surface area contributed by atoms with Gasteiger partial charge in [-0.1, -0.05) is 16.8 Å². The number of rotatable bonds is 3. The van der Waals surface area contributed by atoms with Gasteiger partial charge in [0.15, 0.2) is 6.61 Å². The number of hydrogen-bond acceptors (Lipinski definition) is 5. The molecule has 8 heteroatoms. The lowest BCUT2D eigenvalue weighted by Gasteiger charge is -2.40. The maximum absolute atomic E-state index is 12.4. The number of carbonyl (C=O) groups is 1. The Kier molecular flexibility index (Phi) is 4.12. The smallest absolute Gasteiger partial charge is 0.260 e. The minimum Gasteiger partial charge on any atom is -0.484 e. The number of fused-ring (bicyclic) bond motifs is 3. The van der Waals surface area contributed by atoms with Gasteiger partial charge in [0.25, 0.3) is 5.91 Å². The molecular weight excluding hydrogens is 332 g/mol. The summed E-state index contributed by atoms with van der Waals surface area (Å²) in [6.07, 6.45) is 2.48. The Morgan fingerprint density at radius 2 is 2.21 bits per heavy atom. The molecule has 2 aliphatic rings. The van der Waals surface area contributed by atoms with Crippen LogP contribution >= 0.6 is 11.6 Å². The third-order valence-corrected chi connectivity index (χ3v) is 4.71. The van der Waals surface area contributed by atoms with Crippen molar-refractivity contribution in [2.24, 2.45) is 0 Å². The van der Waals surface area contributed by atoms with Crippen LogP contribution in [0.25, 0.3) is 0 Å². The fourth-order valence-corrected chi connectivity index (χ4v) is 3.31. The highest BCUT2D eigenvalue weighted by molar-refractivity contribution is 6.30. The number of piperidine rings is 1. The fraction of sp³-hybridized carbons (Fsp3) is 0.438. The lowest BCUT2D eigenvalue weighted by atomic mass is 10.00. The molecule has 2 aliphatic heterocycles. The van der Waals surface area contributed by atoms with Crippen molar-refractivity contribution in [3.63, 3.8) is 0 Å². The number of benzene rings is 1. The maximum atomic E-state index is 12.4. The number of likely N-dealkylation sites (tertiary alicyclic amines) is 1. The highest BCUT2D eigenvalue weighted by atomic mass is 35.5. The van der Waals surface area contributed by atoms with E-state index >= 15 is 0 Å². The molecule has 0 N–H and O–H groups in total. The number of amides is 1. The molecule has 1 amide bonds. The van der Waals surface area contributed by atoms with E-state index in [1.807, 2.05) is 4.68 Å². The normalized spacial score (nSPS) is 22.6. The van der Waals surface area contributed by atoms with Crippen LogP contribution in [0.1, 0.15) is 18.2 Å². The van der Waals surface area contributed by atoms with Gasteiger partial charge >= 0.3 is 0 Å². The second kappa shape index (κ2) is 6.41. The van der Waals surface area contributed by atoms with E-state index in [1.165, 1.54) is 0 Å². The van der Waals surface area contributed by atoms with E-state index in [9.17, 15) is 4.79 Å². The van der Waals surface area contributed by atoms with Gasteiger partial charge in [-0.3, -0.25) is 4.79 Å². The quantitative estimate of drug-likeness (QED) is 0.844. The zero-order valence-electron chi connectivity index (χ0n) is 13.0. The Labute approximate surface area is 144 Å². The van der Waals surface area contributed by atoms with Gasteiger partial charge in [-0.25, -0.2) is 4.68 Å². The van der Waals surface area contributed by atoms with Gasteiger partial charge in [-0.05, 0) is 30.7 Å². The summed E-state index contributed by atoms with van der Waals surface area (Å²) in [6, 6.07) is 7.12. The Bertz CT molecular complexity index is 733. The van der Waals surface area contributed by atoms with E-state index in [2.05, 4.69) is 10.3 Å². The fourth-order valence-electron chi connectivity index (χ4n) is 3.18. The Morgan fingerprint density at radius 3 is 3.04 bits per heavy atom.